The van der Waals surface area contributed by atoms with Gasteiger partial charge in [-0.2, -0.15) is 0 Å². The molecule has 4 bridgehead atoms. The lowest BCUT2D eigenvalue weighted by atomic mass is 9.48. The number of aryl methyl sites for hydroxylation is 1. The average molecular weight is 304 g/mol. The zero-order valence-electron chi connectivity index (χ0n) is 13.5. The smallest absolute Gasteiger partial charge is 0.0305 e. The lowest BCUT2D eigenvalue weighted by Gasteiger charge is -2.59. The largest absolute Gasteiger partial charge is 0.309 e. The number of rotatable bonds is 5. The summed E-state index contributed by atoms with van der Waals surface area (Å²) in [7, 11) is 0. The van der Waals surface area contributed by atoms with Crippen molar-refractivity contribution in [1.82, 2.24) is 5.32 Å². The predicted molar refractivity (Wildman–Crippen MR) is 90.6 cm³/mol. The lowest BCUT2D eigenvalue weighted by molar-refractivity contribution is -0.0706. The molecule has 0 aliphatic heterocycles. The Hall–Kier alpha value is -0.340. The molecule has 0 amide bonds. The summed E-state index contributed by atoms with van der Waals surface area (Å²) in [6.07, 6.45) is 10.4. The van der Waals surface area contributed by atoms with Gasteiger partial charge in [0.05, 0.1) is 0 Å². The number of nitrogens with one attached hydrogen (secondary N) is 1. The van der Waals surface area contributed by atoms with Crippen LogP contribution in [0.1, 0.15) is 62.8 Å². The molecule has 21 heavy (non-hydrogen) atoms. The van der Waals surface area contributed by atoms with Gasteiger partial charge in [0.25, 0.3) is 0 Å². The van der Waals surface area contributed by atoms with Gasteiger partial charge in [-0.05, 0) is 92.0 Å². The van der Waals surface area contributed by atoms with Gasteiger partial charge in [0.2, 0.25) is 0 Å². The summed E-state index contributed by atoms with van der Waals surface area (Å²) in [6, 6.07) is 2.99. The third-order valence-electron chi connectivity index (χ3n) is 6.79. The molecule has 1 aromatic heterocycles. The van der Waals surface area contributed by atoms with Crippen molar-refractivity contribution in [2.45, 2.75) is 71.4 Å². The Bertz CT molecular complexity index is 468. The van der Waals surface area contributed by atoms with Gasteiger partial charge in [0, 0.05) is 17.5 Å². The van der Waals surface area contributed by atoms with Crippen LogP contribution in [0.3, 0.4) is 0 Å². The first-order valence-electron chi connectivity index (χ1n) is 8.97. The summed E-state index contributed by atoms with van der Waals surface area (Å²) in [4.78, 5) is 1.56. The van der Waals surface area contributed by atoms with E-state index in [0.717, 1.165) is 24.3 Å². The highest BCUT2D eigenvalue weighted by Crippen LogP contribution is 2.61. The van der Waals surface area contributed by atoms with Crippen LogP contribution in [0.25, 0.3) is 0 Å². The van der Waals surface area contributed by atoms with Crippen LogP contribution in [0.15, 0.2) is 11.4 Å². The van der Waals surface area contributed by atoms with Gasteiger partial charge < -0.3 is 5.32 Å². The fraction of sp³-hybridized carbons (Fsp3) is 0.789. The van der Waals surface area contributed by atoms with Crippen LogP contribution in [-0.4, -0.2) is 6.04 Å². The fourth-order valence-corrected chi connectivity index (χ4v) is 6.93. The van der Waals surface area contributed by atoms with E-state index in [-0.39, 0.29) is 0 Å². The monoisotopic (exact) mass is 303 g/mol. The zero-order valence-corrected chi connectivity index (χ0v) is 14.3. The van der Waals surface area contributed by atoms with Gasteiger partial charge >= 0.3 is 0 Å². The van der Waals surface area contributed by atoms with E-state index in [1.807, 2.05) is 11.3 Å². The molecule has 4 aliphatic carbocycles. The van der Waals surface area contributed by atoms with E-state index >= 15 is 0 Å². The summed E-state index contributed by atoms with van der Waals surface area (Å²) < 4.78 is 0. The highest BCUT2D eigenvalue weighted by Gasteiger charge is 2.52. The van der Waals surface area contributed by atoms with E-state index < -0.39 is 0 Å². The summed E-state index contributed by atoms with van der Waals surface area (Å²) in [5.41, 5.74) is 2.18. The van der Waals surface area contributed by atoms with Crippen LogP contribution in [0.2, 0.25) is 0 Å². The summed E-state index contributed by atoms with van der Waals surface area (Å²) in [6.45, 7) is 5.84. The fourth-order valence-electron chi connectivity index (χ4n) is 6.01. The maximum atomic E-state index is 3.93. The normalized spacial score (nSPS) is 38.9. The summed E-state index contributed by atoms with van der Waals surface area (Å²) >= 11 is 1.93. The zero-order chi connectivity index (χ0) is 14.4. The van der Waals surface area contributed by atoms with Crippen LogP contribution in [-0.2, 0) is 13.0 Å². The lowest BCUT2D eigenvalue weighted by Crippen LogP contribution is -2.54. The number of thiophene rings is 1. The first-order valence-corrected chi connectivity index (χ1v) is 9.85. The molecule has 1 atom stereocenters. The number of hydrogen-bond donors (Lipinski definition) is 1. The first kappa shape index (κ1) is 14.3. The summed E-state index contributed by atoms with van der Waals surface area (Å²) in [5, 5.41) is 6.18. The van der Waals surface area contributed by atoms with Crippen molar-refractivity contribution in [3.8, 4) is 0 Å². The molecule has 2 heteroatoms. The van der Waals surface area contributed by atoms with Crippen molar-refractivity contribution in [2.75, 3.05) is 0 Å². The number of hydrogen-bond acceptors (Lipinski definition) is 2. The van der Waals surface area contributed by atoms with Crippen molar-refractivity contribution in [2.24, 2.45) is 23.2 Å². The van der Waals surface area contributed by atoms with Gasteiger partial charge in [0.1, 0.15) is 0 Å². The molecule has 0 radical (unpaired) electrons. The molecule has 4 fully saturated rings. The molecule has 1 heterocycles. The van der Waals surface area contributed by atoms with E-state index in [1.54, 1.807) is 29.7 Å². The minimum absolute atomic E-state index is 0.637. The SMILES string of the molecule is CCc1ccsc1CNC(C)C12CC3CC(CC(C3)C1)C2. The molecule has 1 unspecified atom stereocenters. The van der Waals surface area contributed by atoms with Crippen LogP contribution < -0.4 is 5.32 Å². The Balaban J connectivity index is 1.44. The second-order valence-electron chi connectivity index (χ2n) is 8.11. The standard InChI is InChI=1S/C19H29NS/c1-3-17-4-5-21-18(17)12-20-13(2)19-9-14-6-15(10-19)8-16(7-14)11-19/h4-5,13-16,20H,3,6-12H2,1-2H3. The topological polar surface area (TPSA) is 12.0 Å². The second kappa shape index (κ2) is 5.38. The molecule has 0 aromatic carbocycles. The predicted octanol–water partition coefficient (Wildman–Crippen LogP) is 5.01. The minimum Gasteiger partial charge on any atom is -0.309 e. The maximum Gasteiger partial charge on any atom is 0.0305 e. The average Bonchev–Trinajstić information content (AvgIpc) is 2.90. The first-order chi connectivity index (χ1) is 10.2. The highest BCUT2D eigenvalue weighted by molar-refractivity contribution is 7.10. The van der Waals surface area contributed by atoms with E-state index in [4.69, 9.17) is 0 Å². The Morgan fingerprint density at radius 3 is 2.38 bits per heavy atom. The van der Waals surface area contributed by atoms with Gasteiger partial charge in [-0.3, -0.25) is 0 Å². The quantitative estimate of drug-likeness (QED) is 0.806. The van der Waals surface area contributed by atoms with Crippen LogP contribution in [0.4, 0.5) is 0 Å². The third kappa shape index (κ3) is 2.49. The molecular weight excluding hydrogens is 274 g/mol. The van der Waals surface area contributed by atoms with E-state index in [0.29, 0.717) is 11.5 Å². The van der Waals surface area contributed by atoms with Gasteiger partial charge in [0.15, 0.2) is 0 Å². The van der Waals surface area contributed by atoms with Gasteiger partial charge in [-0.25, -0.2) is 0 Å². The Labute approximate surface area is 133 Å². The molecule has 0 saturated heterocycles. The maximum absolute atomic E-state index is 3.93. The van der Waals surface area contributed by atoms with Crippen molar-refractivity contribution >= 4 is 11.3 Å². The molecule has 5 rings (SSSR count). The van der Waals surface area contributed by atoms with Crippen molar-refractivity contribution in [3.05, 3.63) is 21.9 Å². The van der Waals surface area contributed by atoms with E-state index in [9.17, 15) is 0 Å². The second-order valence-corrected chi connectivity index (χ2v) is 9.11. The van der Waals surface area contributed by atoms with E-state index in [1.165, 1.54) is 25.7 Å². The molecule has 0 spiro atoms. The van der Waals surface area contributed by atoms with Gasteiger partial charge in [-0.15, -0.1) is 11.3 Å². The van der Waals surface area contributed by atoms with Crippen LogP contribution >= 0.6 is 11.3 Å². The highest BCUT2D eigenvalue weighted by atomic mass is 32.1. The summed E-state index contributed by atoms with van der Waals surface area (Å²) in [5.74, 6) is 3.19. The van der Waals surface area contributed by atoms with Crippen molar-refractivity contribution < 1.29 is 0 Å². The van der Waals surface area contributed by atoms with Gasteiger partial charge in [-0.1, -0.05) is 6.92 Å². The van der Waals surface area contributed by atoms with E-state index in [2.05, 4.69) is 30.6 Å². The van der Waals surface area contributed by atoms with Crippen molar-refractivity contribution in [1.29, 1.82) is 0 Å². The minimum atomic E-state index is 0.637. The molecule has 4 aliphatic rings. The van der Waals surface area contributed by atoms with Crippen LogP contribution in [0, 0.1) is 23.2 Å². The van der Waals surface area contributed by atoms with Crippen molar-refractivity contribution in [3.63, 3.8) is 0 Å². The molecule has 4 saturated carbocycles. The Morgan fingerprint density at radius 2 is 1.81 bits per heavy atom. The molecule has 1 nitrogen and oxygen atoms in total. The van der Waals surface area contributed by atoms with Crippen LogP contribution in [0.5, 0.6) is 0 Å². The third-order valence-corrected chi connectivity index (χ3v) is 7.75. The Morgan fingerprint density at radius 1 is 1.19 bits per heavy atom. The molecule has 1 N–H and O–H groups in total. The molecule has 116 valence electrons. The molecular formula is C19H29NS. The Kier molecular flexibility index (Phi) is 3.66. The molecule has 1 aromatic rings.